The Balaban J connectivity index is 1.87. The van der Waals surface area contributed by atoms with E-state index >= 15 is 0 Å². The summed E-state index contributed by atoms with van der Waals surface area (Å²) in [6.45, 7) is 1.36. The van der Waals surface area contributed by atoms with Gasteiger partial charge in [-0.3, -0.25) is 0 Å². The molecule has 21 heavy (non-hydrogen) atoms. The maximum Gasteiger partial charge on any atom is 0.214 e. The van der Waals surface area contributed by atoms with Crippen molar-refractivity contribution in [1.29, 1.82) is 0 Å². The van der Waals surface area contributed by atoms with E-state index in [-0.39, 0.29) is 5.75 Å². The predicted molar refractivity (Wildman–Crippen MR) is 90.0 cm³/mol. The van der Waals surface area contributed by atoms with Gasteiger partial charge in [0.05, 0.1) is 5.75 Å². The van der Waals surface area contributed by atoms with E-state index < -0.39 is 10.0 Å². The SMILES string of the molecule is Nc1ccccc1SCCS(=O)(=O)N1CCCCCCC1. The number of anilines is 1. The molecular formula is C15H24N2O2S2. The average Bonchev–Trinajstić information content (AvgIpc) is 2.40. The number of nitrogens with two attached hydrogens (primary N) is 1. The number of hydrogen-bond donors (Lipinski definition) is 1. The molecule has 0 aromatic heterocycles. The third-order valence-corrected chi connectivity index (χ3v) is 6.95. The third kappa shape index (κ3) is 5.20. The summed E-state index contributed by atoms with van der Waals surface area (Å²) in [6, 6.07) is 7.58. The van der Waals surface area contributed by atoms with Crippen LogP contribution in [0.1, 0.15) is 32.1 Å². The lowest BCUT2D eigenvalue weighted by molar-refractivity contribution is 0.365. The Labute approximate surface area is 132 Å². The molecule has 1 heterocycles. The van der Waals surface area contributed by atoms with Crippen molar-refractivity contribution in [3.05, 3.63) is 24.3 Å². The summed E-state index contributed by atoms with van der Waals surface area (Å²) in [5, 5.41) is 0. The zero-order valence-corrected chi connectivity index (χ0v) is 14.0. The largest absolute Gasteiger partial charge is 0.398 e. The van der Waals surface area contributed by atoms with Gasteiger partial charge in [-0.1, -0.05) is 31.4 Å². The Hall–Kier alpha value is -0.720. The van der Waals surface area contributed by atoms with Gasteiger partial charge in [-0.2, -0.15) is 0 Å². The van der Waals surface area contributed by atoms with Crippen LogP contribution in [0.25, 0.3) is 0 Å². The van der Waals surface area contributed by atoms with E-state index in [4.69, 9.17) is 5.73 Å². The Kier molecular flexibility index (Phi) is 6.39. The monoisotopic (exact) mass is 328 g/mol. The van der Waals surface area contributed by atoms with E-state index in [1.165, 1.54) is 18.2 Å². The van der Waals surface area contributed by atoms with Crippen molar-refractivity contribution < 1.29 is 8.42 Å². The highest BCUT2D eigenvalue weighted by atomic mass is 32.2. The van der Waals surface area contributed by atoms with Gasteiger partial charge in [-0.25, -0.2) is 12.7 Å². The van der Waals surface area contributed by atoms with Crippen molar-refractivity contribution in [2.45, 2.75) is 37.0 Å². The maximum absolute atomic E-state index is 12.4. The number of para-hydroxylation sites is 1. The van der Waals surface area contributed by atoms with Crippen LogP contribution in [-0.2, 0) is 10.0 Å². The molecule has 2 rings (SSSR count). The standard InChI is InChI=1S/C15H24N2O2S2/c16-14-8-4-5-9-15(14)20-12-13-21(18,19)17-10-6-2-1-3-7-11-17/h4-5,8-9H,1-3,6-7,10-13,16H2. The van der Waals surface area contributed by atoms with Crippen molar-refractivity contribution >= 4 is 27.5 Å². The molecule has 1 aromatic carbocycles. The summed E-state index contributed by atoms with van der Waals surface area (Å²) in [7, 11) is -3.13. The van der Waals surface area contributed by atoms with Crippen molar-refractivity contribution in [3.63, 3.8) is 0 Å². The number of rotatable bonds is 5. The van der Waals surface area contributed by atoms with Crippen LogP contribution in [0.3, 0.4) is 0 Å². The second kappa shape index (κ2) is 8.06. The van der Waals surface area contributed by atoms with Gasteiger partial charge in [0.1, 0.15) is 0 Å². The molecule has 1 aromatic rings. The molecule has 0 unspecified atom stereocenters. The van der Waals surface area contributed by atoms with Crippen LogP contribution in [0.5, 0.6) is 0 Å². The predicted octanol–water partition coefficient (Wildman–Crippen LogP) is 2.96. The molecule has 1 aliphatic rings. The molecule has 0 bridgehead atoms. The summed E-state index contributed by atoms with van der Waals surface area (Å²) in [5.41, 5.74) is 6.58. The van der Waals surface area contributed by atoms with Crippen LogP contribution < -0.4 is 5.73 Å². The molecule has 2 N–H and O–H groups in total. The Bertz CT molecular complexity index is 538. The van der Waals surface area contributed by atoms with Crippen LogP contribution >= 0.6 is 11.8 Å². The lowest BCUT2D eigenvalue weighted by Gasteiger charge is -2.24. The van der Waals surface area contributed by atoms with Crippen molar-refractivity contribution in [3.8, 4) is 0 Å². The van der Waals surface area contributed by atoms with E-state index in [2.05, 4.69) is 0 Å². The highest BCUT2D eigenvalue weighted by Crippen LogP contribution is 2.25. The van der Waals surface area contributed by atoms with Crippen LogP contribution in [0, 0.1) is 0 Å². The molecule has 0 atom stereocenters. The summed E-state index contributed by atoms with van der Waals surface area (Å²) < 4.78 is 26.5. The van der Waals surface area contributed by atoms with E-state index in [1.54, 1.807) is 4.31 Å². The third-order valence-electron chi connectivity index (χ3n) is 3.73. The summed E-state index contributed by atoms with van der Waals surface area (Å²) in [6.07, 6.45) is 5.48. The first-order valence-electron chi connectivity index (χ1n) is 7.55. The van der Waals surface area contributed by atoms with Gasteiger partial charge in [-0.05, 0) is 25.0 Å². The number of thioether (sulfide) groups is 1. The highest BCUT2D eigenvalue weighted by molar-refractivity contribution is 8.00. The number of nitrogen functional groups attached to an aromatic ring is 1. The molecule has 0 aliphatic carbocycles. The zero-order valence-electron chi connectivity index (χ0n) is 12.3. The van der Waals surface area contributed by atoms with Gasteiger partial charge in [0.25, 0.3) is 0 Å². The number of hydrogen-bond acceptors (Lipinski definition) is 4. The van der Waals surface area contributed by atoms with Gasteiger partial charge < -0.3 is 5.73 Å². The minimum absolute atomic E-state index is 0.187. The average molecular weight is 329 g/mol. The normalized spacial score (nSPS) is 18.1. The van der Waals surface area contributed by atoms with Crippen molar-refractivity contribution in [2.24, 2.45) is 0 Å². The van der Waals surface area contributed by atoms with Gasteiger partial charge in [-0.15, -0.1) is 11.8 Å². The van der Waals surface area contributed by atoms with Gasteiger partial charge >= 0.3 is 0 Å². The van der Waals surface area contributed by atoms with E-state index in [0.29, 0.717) is 24.5 Å². The molecule has 6 heteroatoms. The fourth-order valence-electron chi connectivity index (χ4n) is 2.49. The molecule has 1 aliphatic heterocycles. The lowest BCUT2D eigenvalue weighted by Crippen LogP contribution is -2.36. The Morgan fingerprint density at radius 2 is 1.67 bits per heavy atom. The summed E-state index contributed by atoms with van der Waals surface area (Å²) in [5.74, 6) is 0.735. The number of nitrogens with zero attached hydrogens (tertiary/aromatic N) is 1. The Morgan fingerprint density at radius 3 is 2.33 bits per heavy atom. The van der Waals surface area contributed by atoms with Crippen molar-refractivity contribution in [2.75, 3.05) is 30.3 Å². The molecule has 1 fully saturated rings. The smallest absolute Gasteiger partial charge is 0.214 e. The minimum atomic E-state index is -3.13. The first kappa shape index (κ1) is 16.6. The quantitative estimate of drug-likeness (QED) is 0.667. The van der Waals surface area contributed by atoms with E-state index in [9.17, 15) is 8.42 Å². The van der Waals surface area contributed by atoms with E-state index in [1.807, 2.05) is 24.3 Å². The van der Waals surface area contributed by atoms with Gasteiger partial charge in [0, 0.05) is 29.4 Å². The molecule has 0 spiro atoms. The second-order valence-corrected chi connectivity index (χ2v) is 8.59. The molecule has 0 saturated carbocycles. The Morgan fingerprint density at radius 1 is 1.05 bits per heavy atom. The van der Waals surface area contributed by atoms with Crippen LogP contribution in [-0.4, -0.2) is 37.3 Å². The van der Waals surface area contributed by atoms with Gasteiger partial charge in [0.2, 0.25) is 10.0 Å². The second-order valence-electron chi connectivity index (χ2n) is 5.37. The molecule has 4 nitrogen and oxygen atoms in total. The van der Waals surface area contributed by atoms with Crippen LogP contribution in [0.4, 0.5) is 5.69 Å². The lowest BCUT2D eigenvalue weighted by atomic mass is 10.1. The maximum atomic E-state index is 12.4. The fraction of sp³-hybridized carbons (Fsp3) is 0.600. The van der Waals surface area contributed by atoms with Gasteiger partial charge in [0.15, 0.2) is 0 Å². The zero-order chi connectivity index (χ0) is 15.1. The minimum Gasteiger partial charge on any atom is -0.398 e. The molecule has 0 amide bonds. The molecule has 118 valence electrons. The molecular weight excluding hydrogens is 304 g/mol. The van der Waals surface area contributed by atoms with Crippen molar-refractivity contribution in [1.82, 2.24) is 4.31 Å². The first-order valence-corrected chi connectivity index (χ1v) is 10.1. The first-order chi connectivity index (χ1) is 10.1. The van der Waals surface area contributed by atoms with Crippen LogP contribution in [0.2, 0.25) is 0 Å². The summed E-state index contributed by atoms with van der Waals surface area (Å²) >= 11 is 1.52. The number of benzene rings is 1. The fourth-order valence-corrected chi connectivity index (χ4v) is 5.37. The topological polar surface area (TPSA) is 63.4 Å². The number of sulfonamides is 1. The van der Waals surface area contributed by atoms with E-state index in [0.717, 1.165) is 30.6 Å². The molecule has 1 saturated heterocycles. The summed E-state index contributed by atoms with van der Waals surface area (Å²) in [4.78, 5) is 0.959. The van der Waals surface area contributed by atoms with Crippen LogP contribution in [0.15, 0.2) is 29.2 Å². The molecule has 0 radical (unpaired) electrons. The highest BCUT2D eigenvalue weighted by Gasteiger charge is 2.22.